The number of hydrogen-bond donors (Lipinski definition) is 5. The predicted molar refractivity (Wildman–Crippen MR) is 189 cm³/mol. The minimum atomic E-state index is -1.41. The largest absolute Gasteiger partial charge is 0.493 e. The van der Waals surface area contributed by atoms with Crippen molar-refractivity contribution in [3.63, 3.8) is 0 Å². The van der Waals surface area contributed by atoms with E-state index in [-0.39, 0.29) is 29.9 Å². The summed E-state index contributed by atoms with van der Waals surface area (Å²) in [5.74, 6) is -2.94. The number of H-pyrrole nitrogens is 1. The Hall–Kier alpha value is -5.86. The number of aromatic amines is 1. The maximum absolute atomic E-state index is 14.9. The molecule has 1 saturated carbocycles. The second kappa shape index (κ2) is 16.4. The maximum atomic E-state index is 14.9. The third-order valence-corrected chi connectivity index (χ3v) is 8.78. The lowest BCUT2D eigenvalue weighted by molar-refractivity contribution is -0.130. The van der Waals surface area contributed by atoms with Crippen LogP contribution in [0, 0.1) is 17.7 Å². The van der Waals surface area contributed by atoms with Gasteiger partial charge in [0.05, 0.1) is 12.7 Å². The Kier molecular flexibility index (Phi) is 11.8. The van der Waals surface area contributed by atoms with Crippen LogP contribution >= 0.6 is 0 Å². The van der Waals surface area contributed by atoms with Crippen molar-refractivity contribution in [2.45, 2.75) is 64.5 Å². The van der Waals surface area contributed by atoms with Crippen LogP contribution in [-0.2, 0) is 20.7 Å². The number of carboxylic acids is 1. The monoisotopic (exact) mass is 715 g/mol. The lowest BCUT2D eigenvalue weighted by Gasteiger charge is -2.29. The Morgan fingerprint density at radius 2 is 1.63 bits per heavy atom. The zero-order chi connectivity index (χ0) is 37.4. The molecule has 0 radical (unpaired) electrons. The number of hydrogen-bond acceptors (Lipinski definition) is 9. The fourth-order valence-electron chi connectivity index (χ4n) is 6.09. The molecule has 1 aliphatic carbocycles. The van der Waals surface area contributed by atoms with Gasteiger partial charge < -0.3 is 30.5 Å². The van der Waals surface area contributed by atoms with Crippen LogP contribution in [0.25, 0.3) is 22.5 Å². The first-order valence-electron chi connectivity index (χ1n) is 16.9. The van der Waals surface area contributed by atoms with Crippen LogP contribution in [0.15, 0.2) is 60.7 Å². The van der Waals surface area contributed by atoms with Gasteiger partial charge in [-0.2, -0.15) is 5.21 Å². The summed E-state index contributed by atoms with van der Waals surface area (Å²) in [6.45, 7) is 5.86. The summed E-state index contributed by atoms with van der Waals surface area (Å²) >= 11 is 0. The molecule has 14 nitrogen and oxygen atoms in total. The molecule has 3 aromatic carbocycles. The van der Waals surface area contributed by atoms with E-state index < -0.39 is 41.0 Å². The number of rotatable bonds is 12. The van der Waals surface area contributed by atoms with Gasteiger partial charge in [-0.3, -0.25) is 9.59 Å². The van der Waals surface area contributed by atoms with Gasteiger partial charge in [0, 0.05) is 35.7 Å². The lowest BCUT2D eigenvalue weighted by Crippen LogP contribution is -2.48. The molecule has 15 heteroatoms. The number of amides is 3. The van der Waals surface area contributed by atoms with Crippen LogP contribution in [0.5, 0.6) is 5.75 Å². The van der Waals surface area contributed by atoms with Crippen molar-refractivity contribution in [3.8, 4) is 28.3 Å². The van der Waals surface area contributed by atoms with Crippen molar-refractivity contribution < 1.29 is 38.1 Å². The Morgan fingerprint density at radius 3 is 2.23 bits per heavy atom. The van der Waals surface area contributed by atoms with Crippen LogP contribution in [0.3, 0.4) is 0 Å². The maximum Gasteiger partial charge on any atom is 0.407 e. The number of halogens is 1. The van der Waals surface area contributed by atoms with E-state index in [1.165, 1.54) is 19.2 Å². The zero-order valence-corrected chi connectivity index (χ0v) is 29.4. The van der Waals surface area contributed by atoms with Crippen LogP contribution < -0.4 is 20.7 Å². The Morgan fingerprint density at radius 1 is 0.962 bits per heavy atom. The number of nitrogens with one attached hydrogen (secondary N) is 4. The smallest absolute Gasteiger partial charge is 0.407 e. The van der Waals surface area contributed by atoms with E-state index in [9.17, 15) is 28.7 Å². The van der Waals surface area contributed by atoms with Crippen LogP contribution in [-0.4, -0.2) is 74.9 Å². The highest BCUT2D eigenvalue weighted by Crippen LogP contribution is 2.35. The number of aromatic nitrogens is 4. The summed E-state index contributed by atoms with van der Waals surface area (Å²) in [5, 5.41) is 31.9. The molecule has 0 unspecified atom stereocenters. The van der Waals surface area contributed by atoms with Gasteiger partial charge >= 0.3 is 12.1 Å². The van der Waals surface area contributed by atoms with Gasteiger partial charge in [0.25, 0.3) is 0 Å². The molecular weight excluding hydrogens is 673 g/mol. The SMILES string of the molecule is COc1c(-c2ccc(C[C@H](NC(=O)[C@H]3CC[C@H](CNC(=O)OC(C)(C)C)CC3)C(=O)Nc3ccc(-c4nn[nH]n4)cc3)cc2)ccc(C(=O)O)c1F. The number of ether oxygens (including phenoxy) is 2. The van der Waals surface area contributed by atoms with Crippen molar-refractivity contribution in [2.24, 2.45) is 11.8 Å². The van der Waals surface area contributed by atoms with Crippen molar-refractivity contribution in [2.75, 3.05) is 19.0 Å². The van der Waals surface area contributed by atoms with Gasteiger partial charge in [0.2, 0.25) is 17.6 Å². The normalized spacial score (nSPS) is 16.3. The van der Waals surface area contributed by atoms with Gasteiger partial charge in [0.15, 0.2) is 11.6 Å². The molecule has 5 rings (SSSR count). The summed E-state index contributed by atoms with van der Waals surface area (Å²) in [6.07, 6.45) is 2.35. The number of alkyl carbamates (subject to hydrolysis) is 1. The Labute approximate surface area is 299 Å². The fourth-order valence-corrected chi connectivity index (χ4v) is 6.09. The van der Waals surface area contributed by atoms with Gasteiger partial charge in [-0.15, -0.1) is 10.2 Å². The zero-order valence-electron chi connectivity index (χ0n) is 29.4. The average molecular weight is 716 g/mol. The molecule has 1 aliphatic rings. The Balaban J connectivity index is 1.28. The molecule has 0 spiro atoms. The van der Waals surface area contributed by atoms with Gasteiger partial charge in [-0.1, -0.05) is 24.3 Å². The first-order valence-corrected chi connectivity index (χ1v) is 16.9. The summed E-state index contributed by atoms with van der Waals surface area (Å²) < 4.78 is 25.4. The number of methoxy groups -OCH3 is 1. The van der Waals surface area contributed by atoms with Crippen molar-refractivity contribution in [1.29, 1.82) is 0 Å². The van der Waals surface area contributed by atoms with E-state index in [1.54, 1.807) is 69.3 Å². The third-order valence-electron chi connectivity index (χ3n) is 8.78. The van der Waals surface area contributed by atoms with Crippen LogP contribution in [0.2, 0.25) is 0 Å². The minimum Gasteiger partial charge on any atom is -0.493 e. The summed E-state index contributed by atoms with van der Waals surface area (Å²) in [4.78, 5) is 50.8. The summed E-state index contributed by atoms with van der Waals surface area (Å²) in [6, 6.07) is 15.5. The van der Waals surface area contributed by atoms with E-state index in [2.05, 4.69) is 36.6 Å². The number of anilines is 1. The standard InChI is InChI=1S/C37H42FN7O7/c1-37(2,3)52-36(50)39-20-22-7-11-25(12-8-22)33(46)41-29(34(47)40-26-15-13-24(14-16-26)32-42-44-45-43-32)19-21-5-9-23(10-6-21)27-17-18-28(35(48)49)30(38)31(27)51-4/h5-6,9-10,13-18,22,25,29H,7-8,11-12,19-20H2,1-4H3,(H,39,50)(H,40,47)(H,41,46)(H,48,49)(H,42,43,44,45)/t22-,25-,29-/m0/s1. The van der Waals surface area contributed by atoms with Crippen molar-refractivity contribution >= 4 is 29.6 Å². The van der Waals surface area contributed by atoms with Crippen molar-refractivity contribution in [1.82, 2.24) is 31.3 Å². The number of carbonyl (C=O) groups is 4. The average Bonchev–Trinajstić information content (AvgIpc) is 3.66. The molecule has 3 amide bonds. The van der Waals surface area contributed by atoms with Crippen LogP contribution in [0.4, 0.5) is 14.9 Å². The highest BCUT2D eigenvalue weighted by molar-refractivity contribution is 5.98. The number of aromatic carboxylic acids is 1. The number of nitrogens with zero attached hydrogens (tertiary/aromatic N) is 3. The molecule has 1 fully saturated rings. The molecule has 274 valence electrons. The highest BCUT2D eigenvalue weighted by atomic mass is 19.1. The molecule has 52 heavy (non-hydrogen) atoms. The minimum absolute atomic E-state index is 0.150. The summed E-state index contributed by atoms with van der Waals surface area (Å²) in [5.41, 5.74) is 1.76. The first kappa shape index (κ1) is 37.4. The molecule has 1 atom stereocenters. The van der Waals surface area contributed by atoms with Crippen molar-refractivity contribution in [3.05, 3.63) is 77.6 Å². The molecule has 1 aromatic heterocycles. The topological polar surface area (TPSA) is 198 Å². The van der Waals surface area contributed by atoms with E-state index >= 15 is 0 Å². The van der Waals surface area contributed by atoms with Gasteiger partial charge in [-0.05, 0) is 105 Å². The fraction of sp³-hybridized carbons (Fsp3) is 0.378. The highest BCUT2D eigenvalue weighted by Gasteiger charge is 2.30. The second-order valence-corrected chi connectivity index (χ2v) is 13.7. The van der Waals surface area contributed by atoms with E-state index in [0.29, 0.717) is 47.6 Å². The first-order chi connectivity index (χ1) is 24.8. The van der Waals surface area contributed by atoms with E-state index in [1.807, 2.05) is 0 Å². The number of carbonyl (C=O) groups excluding carboxylic acids is 3. The molecule has 0 bridgehead atoms. The Bertz CT molecular complexity index is 1870. The molecule has 4 aromatic rings. The molecular formula is C37H42FN7O7. The molecule has 1 heterocycles. The second-order valence-electron chi connectivity index (χ2n) is 13.7. The van der Waals surface area contributed by atoms with Gasteiger partial charge in [-0.25, -0.2) is 14.0 Å². The van der Waals surface area contributed by atoms with Gasteiger partial charge in [0.1, 0.15) is 11.6 Å². The number of carboxylic acid groups (broad SMARTS) is 1. The number of benzene rings is 3. The third kappa shape index (κ3) is 9.68. The lowest BCUT2D eigenvalue weighted by atomic mass is 9.81. The molecule has 0 aliphatic heterocycles. The predicted octanol–water partition coefficient (Wildman–Crippen LogP) is 5.38. The number of tetrazole rings is 1. The van der Waals surface area contributed by atoms with E-state index in [4.69, 9.17) is 9.47 Å². The van der Waals surface area contributed by atoms with Crippen LogP contribution in [0.1, 0.15) is 62.4 Å². The molecule has 0 saturated heterocycles. The quantitative estimate of drug-likeness (QED) is 0.127. The summed E-state index contributed by atoms with van der Waals surface area (Å²) in [7, 11) is 1.26. The van der Waals surface area contributed by atoms with E-state index in [0.717, 1.165) is 18.4 Å². The molecule has 5 N–H and O–H groups in total.